The Labute approximate surface area is 125 Å². The van der Waals surface area contributed by atoms with Crippen LogP contribution >= 0.6 is 0 Å². The second kappa shape index (κ2) is 6.36. The second-order valence-electron chi connectivity index (χ2n) is 4.25. The summed E-state index contributed by atoms with van der Waals surface area (Å²) < 4.78 is 63.2. The van der Waals surface area contributed by atoms with Gasteiger partial charge >= 0.3 is 6.01 Å². The standard InChI is InChI=1S/C12H13F2N3O4S/c1-3-20-6-9-15-16-12(21-9)17-22(18,19)8-5-4-7(2)10(13)11(8)14/h4-5H,3,6H2,1-2H3,(H,16,17). The van der Waals surface area contributed by atoms with E-state index in [9.17, 15) is 17.2 Å². The summed E-state index contributed by atoms with van der Waals surface area (Å²) in [5.41, 5.74) is -0.00626. The van der Waals surface area contributed by atoms with Gasteiger partial charge in [0.25, 0.3) is 10.0 Å². The summed E-state index contributed by atoms with van der Waals surface area (Å²) in [6, 6.07) is 1.64. The van der Waals surface area contributed by atoms with Gasteiger partial charge in [0.15, 0.2) is 11.6 Å². The molecule has 0 amide bonds. The summed E-state index contributed by atoms with van der Waals surface area (Å²) in [6.45, 7) is 3.50. The number of nitrogens with one attached hydrogen (secondary N) is 1. The molecule has 1 aromatic carbocycles. The van der Waals surface area contributed by atoms with Crippen LogP contribution in [0.5, 0.6) is 0 Å². The Morgan fingerprint density at radius 1 is 1.27 bits per heavy atom. The molecule has 22 heavy (non-hydrogen) atoms. The Balaban J connectivity index is 2.25. The number of ether oxygens (including phenoxy) is 1. The third-order valence-electron chi connectivity index (χ3n) is 2.65. The molecule has 0 fully saturated rings. The number of aryl methyl sites for hydroxylation is 1. The van der Waals surface area contributed by atoms with Gasteiger partial charge in [-0.25, -0.2) is 21.9 Å². The maximum absolute atomic E-state index is 13.8. The zero-order chi connectivity index (χ0) is 16.3. The van der Waals surface area contributed by atoms with Crippen molar-refractivity contribution in [2.45, 2.75) is 25.3 Å². The first kappa shape index (κ1) is 16.3. The molecule has 7 nitrogen and oxygen atoms in total. The molecule has 0 saturated carbocycles. The van der Waals surface area contributed by atoms with Crippen LogP contribution in [0, 0.1) is 18.6 Å². The van der Waals surface area contributed by atoms with Gasteiger partial charge in [-0.2, -0.15) is 0 Å². The molecule has 0 saturated heterocycles. The van der Waals surface area contributed by atoms with Gasteiger partial charge in [0.05, 0.1) is 0 Å². The molecule has 0 atom stereocenters. The number of rotatable bonds is 6. The number of benzene rings is 1. The fourth-order valence-electron chi connectivity index (χ4n) is 1.55. The quantitative estimate of drug-likeness (QED) is 0.869. The topological polar surface area (TPSA) is 94.3 Å². The van der Waals surface area contributed by atoms with E-state index in [4.69, 9.17) is 9.15 Å². The summed E-state index contributed by atoms with van der Waals surface area (Å²) in [7, 11) is -4.39. The first-order chi connectivity index (χ1) is 10.3. The molecule has 0 aliphatic carbocycles. The Bertz CT molecular complexity index is 777. The smallest absolute Gasteiger partial charge is 0.329 e. The second-order valence-corrected chi connectivity index (χ2v) is 5.90. The molecule has 0 radical (unpaired) electrons. The molecule has 1 heterocycles. The van der Waals surface area contributed by atoms with Crippen molar-refractivity contribution in [3.05, 3.63) is 35.2 Å². The summed E-state index contributed by atoms with van der Waals surface area (Å²) in [4.78, 5) is -0.847. The average Bonchev–Trinajstić information content (AvgIpc) is 2.89. The molecule has 1 N–H and O–H groups in total. The van der Waals surface area contributed by atoms with Gasteiger partial charge in [-0.15, -0.1) is 5.10 Å². The van der Waals surface area contributed by atoms with Crippen LogP contribution in [0.15, 0.2) is 21.4 Å². The number of anilines is 1. The Kier molecular flexibility index (Phi) is 4.71. The molecule has 0 spiro atoms. The lowest BCUT2D eigenvalue weighted by atomic mass is 10.2. The first-order valence-corrected chi connectivity index (χ1v) is 7.71. The predicted octanol–water partition coefficient (Wildman–Crippen LogP) is 1.99. The van der Waals surface area contributed by atoms with E-state index in [1.165, 1.54) is 6.92 Å². The number of hydrogen-bond acceptors (Lipinski definition) is 6. The largest absolute Gasteiger partial charge is 0.405 e. The number of halogens is 2. The number of aromatic nitrogens is 2. The van der Waals surface area contributed by atoms with E-state index in [-0.39, 0.29) is 18.1 Å². The average molecular weight is 333 g/mol. The van der Waals surface area contributed by atoms with Gasteiger partial charge in [0.2, 0.25) is 5.89 Å². The number of sulfonamides is 1. The lowest BCUT2D eigenvalue weighted by Crippen LogP contribution is -2.16. The maximum atomic E-state index is 13.8. The fraction of sp³-hybridized carbons (Fsp3) is 0.333. The maximum Gasteiger partial charge on any atom is 0.329 e. The van der Waals surface area contributed by atoms with Crippen LogP contribution in [0.25, 0.3) is 0 Å². The van der Waals surface area contributed by atoms with Gasteiger partial charge < -0.3 is 9.15 Å². The summed E-state index contributed by atoms with van der Waals surface area (Å²) in [6.07, 6.45) is 0. The van der Waals surface area contributed by atoms with Crippen LogP contribution in [0.3, 0.4) is 0 Å². The van der Waals surface area contributed by atoms with Crippen LogP contribution in [0.1, 0.15) is 18.4 Å². The van der Waals surface area contributed by atoms with Crippen LogP contribution in [-0.4, -0.2) is 25.2 Å². The van der Waals surface area contributed by atoms with Crippen molar-refractivity contribution in [1.82, 2.24) is 10.2 Å². The molecule has 2 rings (SSSR count). The molecule has 10 heteroatoms. The van der Waals surface area contributed by atoms with Gasteiger partial charge in [-0.05, 0) is 25.5 Å². The van der Waals surface area contributed by atoms with E-state index in [2.05, 4.69) is 10.2 Å². The molecule has 0 aliphatic rings. The molecular weight excluding hydrogens is 320 g/mol. The highest BCUT2D eigenvalue weighted by atomic mass is 32.2. The molecule has 120 valence electrons. The third kappa shape index (κ3) is 3.39. The van der Waals surface area contributed by atoms with Crippen LogP contribution in [0.2, 0.25) is 0 Å². The van der Waals surface area contributed by atoms with Crippen LogP contribution < -0.4 is 4.72 Å². The summed E-state index contributed by atoms with van der Waals surface area (Å²) >= 11 is 0. The van der Waals surface area contributed by atoms with Crippen molar-refractivity contribution < 1.29 is 26.4 Å². The van der Waals surface area contributed by atoms with Crippen molar-refractivity contribution >= 4 is 16.0 Å². The Hall–Kier alpha value is -2.07. The van der Waals surface area contributed by atoms with E-state index >= 15 is 0 Å². The summed E-state index contributed by atoms with van der Waals surface area (Å²) in [5.74, 6) is -2.65. The highest BCUT2D eigenvalue weighted by Crippen LogP contribution is 2.22. The number of hydrogen-bond donors (Lipinski definition) is 1. The van der Waals surface area contributed by atoms with Gasteiger partial charge in [0.1, 0.15) is 11.5 Å². The van der Waals surface area contributed by atoms with Crippen molar-refractivity contribution in [2.24, 2.45) is 0 Å². The third-order valence-corrected chi connectivity index (χ3v) is 3.99. The molecule has 2 aromatic rings. The van der Waals surface area contributed by atoms with Crippen LogP contribution in [-0.2, 0) is 21.4 Å². The van der Waals surface area contributed by atoms with Crippen LogP contribution in [0.4, 0.5) is 14.8 Å². The molecule has 0 unspecified atom stereocenters. The van der Waals surface area contributed by atoms with Crippen molar-refractivity contribution in [1.29, 1.82) is 0 Å². The summed E-state index contributed by atoms with van der Waals surface area (Å²) in [5, 5.41) is 7.00. The van der Waals surface area contributed by atoms with E-state index < -0.39 is 32.6 Å². The predicted molar refractivity (Wildman–Crippen MR) is 71.5 cm³/mol. The highest BCUT2D eigenvalue weighted by molar-refractivity contribution is 7.92. The van der Waals surface area contributed by atoms with Crippen molar-refractivity contribution in [3.8, 4) is 0 Å². The lowest BCUT2D eigenvalue weighted by molar-refractivity contribution is 0.115. The van der Waals surface area contributed by atoms with E-state index in [0.29, 0.717) is 6.61 Å². The normalized spacial score (nSPS) is 11.6. The van der Waals surface area contributed by atoms with E-state index in [0.717, 1.165) is 12.1 Å². The minimum Gasteiger partial charge on any atom is -0.405 e. The molecule has 0 bridgehead atoms. The molecule has 0 aliphatic heterocycles. The lowest BCUT2D eigenvalue weighted by Gasteiger charge is -2.07. The monoisotopic (exact) mass is 333 g/mol. The van der Waals surface area contributed by atoms with Crippen molar-refractivity contribution in [3.63, 3.8) is 0 Å². The van der Waals surface area contributed by atoms with Crippen molar-refractivity contribution in [2.75, 3.05) is 11.3 Å². The molecular formula is C12H13F2N3O4S. The Morgan fingerprint density at radius 3 is 2.68 bits per heavy atom. The zero-order valence-electron chi connectivity index (χ0n) is 11.8. The van der Waals surface area contributed by atoms with E-state index in [1.54, 1.807) is 6.92 Å². The van der Waals surface area contributed by atoms with Gasteiger partial charge in [-0.3, -0.25) is 0 Å². The number of nitrogens with zero attached hydrogens (tertiary/aromatic N) is 2. The highest BCUT2D eigenvalue weighted by Gasteiger charge is 2.24. The van der Waals surface area contributed by atoms with E-state index in [1.807, 2.05) is 4.72 Å². The first-order valence-electron chi connectivity index (χ1n) is 6.22. The van der Waals surface area contributed by atoms with Gasteiger partial charge in [-0.1, -0.05) is 11.2 Å². The molecule has 1 aromatic heterocycles. The van der Waals surface area contributed by atoms with Gasteiger partial charge in [0, 0.05) is 6.61 Å². The minimum atomic E-state index is -4.39. The SMILES string of the molecule is CCOCc1nnc(NS(=O)(=O)c2ccc(C)c(F)c2F)o1. The minimum absolute atomic E-state index is 0.00626. The fourth-order valence-corrected chi connectivity index (χ4v) is 2.54. The zero-order valence-corrected chi connectivity index (χ0v) is 12.6. The Morgan fingerprint density at radius 2 is 2.00 bits per heavy atom.